The Kier molecular flexibility index (Phi) is 9.93. The van der Waals surface area contributed by atoms with E-state index in [1.165, 1.54) is 18.3 Å². The van der Waals surface area contributed by atoms with E-state index in [2.05, 4.69) is 33.1 Å². The van der Waals surface area contributed by atoms with Gasteiger partial charge in [0.1, 0.15) is 12.3 Å². The summed E-state index contributed by atoms with van der Waals surface area (Å²) in [6.45, 7) is 1.10. The van der Waals surface area contributed by atoms with Gasteiger partial charge in [0.2, 0.25) is 0 Å². The molecule has 1 aliphatic rings. The molecule has 0 aliphatic carbocycles. The molecule has 0 spiro atoms. The molecule has 1 N–H and O–H groups in total. The van der Waals surface area contributed by atoms with Crippen LogP contribution in [0.5, 0.6) is 5.75 Å². The summed E-state index contributed by atoms with van der Waals surface area (Å²) in [6, 6.07) is 21.8. The lowest BCUT2D eigenvalue weighted by molar-refractivity contribution is -0.134. The van der Waals surface area contributed by atoms with Crippen molar-refractivity contribution in [1.82, 2.24) is 10.3 Å². The van der Waals surface area contributed by atoms with Crippen molar-refractivity contribution in [2.24, 2.45) is 5.10 Å². The Labute approximate surface area is 242 Å². The molecule has 2 amide bonds. The molecule has 39 heavy (non-hydrogen) atoms. The fraction of sp³-hybridized carbons (Fsp3) is 0.250. The third-order valence-corrected chi connectivity index (χ3v) is 8.59. The molecule has 3 aromatic carbocycles. The van der Waals surface area contributed by atoms with Crippen LogP contribution < -0.4 is 14.5 Å². The lowest BCUT2D eigenvalue weighted by Crippen LogP contribution is -2.39. The number of carbonyl (C=O) groups excluding carboxylic acids is 2. The minimum Gasteiger partial charge on any atom is -0.484 e. The molecule has 0 radical (unpaired) electrons. The molecule has 0 aromatic heterocycles. The predicted octanol–water partition coefficient (Wildman–Crippen LogP) is 4.03. The van der Waals surface area contributed by atoms with Gasteiger partial charge in [0, 0.05) is 16.7 Å². The number of piperidine rings is 1. The maximum absolute atomic E-state index is 13.3. The summed E-state index contributed by atoms with van der Waals surface area (Å²) in [5.74, 6) is -0.0575. The Hall–Kier alpha value is -3.45. The molecule has 0 bridgehead atoms. The molecule has 1 saturated heterocycles. The van der Waals surface area contributed by atoms with E-state index in [1.54, 1.807) is 66.7 Å². The summed E-state index contributed by atoms with van der Waals surface area (Å²) in [4.78, 5) is 26.9. The highest BCUT2D eigenvalue weighted by Gasteiger charge is 2.27. The Bertz CT molecular complexity index is 1390. The molecule has 11 heteroatoms. The van der Waals surface area contributed by atoms with Crippen LogP contribution in [0.2, 0.25) is 0 Å². The van der Waals surface area contributed by atoms with Crippen LogP contribution in [0.25, 0.3) is 0 Å². The van der Waals surface area contributed by atoms with E-state index >= 15 is 0 Å². The van der Waals surface area contributed by atoms with Crippen LogP contribution in [0, 0.1) is 3.57 Å². The molecular formula is C28H29IN4O5S. The van der Waals surface area contributed by atoms with E-state index in [4.69, 9.17) is 4.74 Å². The second kappa shape index (κ2) is 13.6. The number of carbonyl (C=O) groups is 2. The summed E-state index contributed by atoms with van der Waals surface area (Å²) in [7, 11) is -3.99. The van der Waals surface area contributed by atoms with Crippen LogP contribution in [0.4, 0.5) is 5.69 Å². The summed E-state index contributed by atoms with van der Waals surface area (Å²) < 4.78 is 34.3. The second-order valence-electron chi connectivity index (χ2n) is 8.89. The van der Waals surface area contributed by atoms with Gasteiger partial charge in [-0.3, -0.25) is 13.9 Å². The maximum atomic E-state index is 13.3. The van der Waals surface area contributed by atoms with Crippen molar-refractivity contribution in [2.75, 3.05) is 30.5 Å². The van der Waals surface area contributed by atoms with Gasteiger partial charge in [-0.1, -0.05) is 18.2 Å². The molecule has 4 rings (SSSR count). The highest BCUT2D eigenvalue weighted by atomic mass is 127. The van der Waals surface area contributed by atoms with Gasteiger partial charge in [0.05, 0.1) is 16.8 Å². The van der Waals surface area contributed by atoms with Crippen LogP contribution in [-0.2, 0) is 19.6 Å². The van der Waals surface area contributed by atoms with Crippen molar-refractivity contribution in [3.8, 4) is 5.75 Å². The van der Waals surface area contributed by atoms with E-state index in [0.29, 0.717) is 17.0 Å². The summed E-state index contributed by atoms with van der Waals surface area (Å²) >= 11 is 2.13. The molecule has 1 heterocycles. The largest absolute Gasteiger partial charge is 0.484 e. The van der Waals surface area contributed by atoms with Gasteiger partial charge in [-0.15, -0.1) is 0 Å². The number of ether oxygens (including phenoxy) is 1. The smallest absolute Gasteiger partial charge is 0.264 e. The number of nitrogens with zero attached hydrogens (tertiary/aromatic N) is 3. The number of amides is 2. The van der Waals surface area contributed by atoms with E-state index in [-0.39, 0.29) is 17.4 Å². The van der Waals surface area contributed by atoms with Crippen molar-refractivity contribution >= 4 is 56.3 Å². The first-order valence-corrected chi connectivity index (χ1v) is 15.0. The molecule has 0 unspecified atom stereocenters. The van der Waals surface area contributed by atoms with E-state index in [9.17, 15) is 18.0 Å². The standard InChI is InChI=1S/C28H29IN4O5S/c29-23-11-13-24(14-12-23)33(39(36,37)26-7-3-1-4-8-26)20-27(34)31-30-19-22-9-15-25(16-10-22)38-21-28(35)32-17-5-2-6-18-32/h1,3-4,7-16,19H,2,5-6,17-18,20-21H2,(H,31,34)/b30-19-. The molecule has 1 aliphatic heterocycles. The highest BCUT2D eigenvalue weighted by Crippen LogP contribution is 2.24. The zero-order valence-corrected chi connectivity index (χ0v) is 24.2. The zero-order valence-electron chi connectivity index (χ0n) is 21.2. The second-order valence-corrected chi connectivity index (χ2v) is 12.0. The first-order valence-electron chi connectivity index (χ1n) is 12.5. The Morgan fingerprint density at radius 3 is 2.28 bits per heavy atom. The van der Waals surface area contributed by atoms with Crippen LogP contribution in [0.3, 0.4) is 0 Å². The molecule has 204 valence electrons. The number of hydrogen-bond acceptors (Lipinski definition) is 6. The normalized spacial score (nSPS) is 13.7. The monoisotopic (exact) mass is 660 g/mol. The van der Waals surface area contributed by atoms with Crippen molar-refractivity contribution in [2.45, 2.75) is 24.2 Å². The SMILES string of the molecule is O=C(CN(c1ccc(I)cc1)S(=O)(=O)c1ccccc1)N/N=C\c1ccc(OCC(=O)N2CCCCC2)cc1. The number of hydrazone groups is 1. The number of halogens is 1. The lowest BCUT2D eigenvalue weighted by Gasteiger charge is -2.26. The van der Waals surface area contributed by atoms with Gasteiger partial charge in [-0.05, 0) is 108 Å². The van der Waals surface area contributed by atoms with Crippen molar-refractivity contribution in [1.29, 1.82) is 0 Å². The number of benzene rings is 3. The molecule has 3 aromatic rings. The predicted molar refractivity (Wildman–Crippen MR) is 158 cm³/mol. The van der Waals surface area contributed by atoms with Crippen molar-refractivity contribution in [3.05, 3.63) is 88.0 Å². The van der Waals surface area contributed by atoms with Crippen LogP contribution >= 0.6 is 22.6 Å². The first kappa shape index (κ1) is 28.6. The Balaban J connectivity index is 1.35. The number of rotatable bonds is 10. The Morgan fingerprint density at radius 2 is 1.62 bits per heavy atom. The third-order valence-electron chi connectivity index (χ3n) is 6.09. The quantitative estimate of drug-likeness (QED) is 0.201. The number of hydrogen-bond donors (Lipinski definition) is 1. The number of nitrogens with one attached hydrogen (secondary N) is 1. The average Bonchev–Trinajstić information content (AvgIpc) is 2.97. The van der Waals surface area contributed by atoms with Gasteiger partial charge in [0.25, 0.3) is 21.8 Å². The fourth-order valence-electron chi connectivity index (χ4n) is 4.02. The topological polar surface area (TPSA) is 108 Å². The van der Waals surface area contributed by atoms with Gasteiger partial charge >= 0.3 is 0 Å². The van der Waals surface area contributed by atoms with Gasteiger partial charge in [-0.25, -0.2) is 13.8 Å². The number of likely N-dealkylation sites (tertiary alicyclic amines) is 1. The van der Waals surface area contributed by atoms with E-state index in [0.717, 1.165) is 40.2 Å². The lowest BCUT2D eigenvalue weighted by atomic mass is 10.1. The average molecular weight is 661 g/mol. The van der Waals surface area contributed by atoms with Crippen LogP contribution in [-0.4, -0.2) is 57.6 Å². The molecule has 0 atom stereocenters. The number of sulfonamides is 1. The van der Waals surface area contributed by atoms with E-state index in [1.807, 2.05) is 4.90 Å². The van der Waals surface area contributed by atoms with Crippen molar-refractivity contribution in [3.63, 3.8) is 0 Å². The third kappa shape index (κ3) is 8.02. The van der Waals surface area contributed by atoms with Gasteiger partial charge < -0.3 is 9.64 Å². The van der Waals surface area contributed by atoms with Gasteiger partial charge in [0.15, 0.2) is 6.61 Å². The van der Waals surface area contributed by atoms with Crippen molar-refractivity contribution < 1.29 is 22.7 Å². The molecule has 1 fully saturated rings. The minimum absolute atomic E-state index is 0.00749. The molecule has 9 nitrogen and oxygen atoms in total. The highest BCUT2D eigenvalue weighted by molar-refractivity contribution is 14.1. The molecular weight excluding hydrogens is 631 g/mol. The minimum atomic E-state index is -3.99. The fourth-order valence-corrected chi connectivity index (χ4v) is 5.82. The van der Waals surface area contributed by atoms with Crippen LogP contribution in [0.1, 0.15) is 24.8 Å². The Morgan fingerprint density at radius 1 is 0.949 bits per heavy atom. The van der Waals surface area contributed by atoms with E-state index < -0.39 is 22.5 Å². The maximum Gasteiger partial charge on any atom is 0.264 e. The van der Waals surface area contributed by atoms with Crippen LogP contribution in [0.15, 0.2) is 88.9 Å². The summed E-state index contributed by atoms with van der Waals surface area (Å²) in [5.41, 5.74) is 3.46. The summed E-state index contributed by atoms with van der Waals surface area (Å²) in [5, 5.41) is 3.97. The number of anilines is 1. The van der Waals surface area contributed by atoms with Gasteiger partial charge in [-0.2, -0.15) is 5.10 Å². The first-order chi connectivity index (χ1) is 18.8. The summed E-state index contributed by atoms with van der Waals surface area (Å²) in [6.07, 6.45) is 4.67. The molecule has 0 saturated carbocycles. The zero-order chi connectivity index (χ0) is 27.7.